The van der Waals surface area contributed by atoms with Crippen molar-refractivity contribution in [2.24, 2.45) is 0 Å². The first-order valence-corrected chi connectivity index (χ1v) is 13.4. The van der Waals surface area contributed by atoms with E-state index < -0.39 is 11.6 Å². The van der Waals surface area contributed by atoms with Crippen LogP contribution >= 0.6 is 0 Å². The maximum Gasteiger partial charge on any atom is 0.267 e. The normalized spacial score (nSPS) is 13.9. The van der Waals surface area contributed by atoms with Gasteiger partial charge in [0, 0.05) is 85.7 Å². The van der Waals surface area contributed by atoms with Crippen LogP contribution in [0, 0.1) is 11.6 Å². The molecule has 0 bridgehead atoms. The Labute approximate surface area is 235 Å². The third-order valence-corrected chi connectivity index (χ3v) is 7.02. The fourth-order valence-corrected chi connectivity index (χ4v) is 4.84. The summed E-state index contributed by atoms with van der Waals surface area (Å²) < 4.78 is 30.6. The molecular formula is C30H28F2N8O. The molecule has 0 radical (unpaired) electrons. The minimum Gasteiger partial charge on any atom is -0.314 e. The van der Waals surface area contributed by atoms with Crippen molar-refractivity contribution in [3.05, 3.63) is 107 Å². The van der Waals surface area contributed by atoms with Crippen LogP contribution in [0.2, 0.25) is 0 Å². The van der Waals surface area contributed by atoms with Gasteiger partial charge in [-0.1, -0.05) is 18.2 Å². The number of nitrogens with one attached hydrogen (secondary N) is 1. The molecule has 208 valence electrons. The molecule has 0 amide bonds. The van der Waals surface area contributed by atoms with E-state index >= 15 is 0 Å². The molecule has 2 aromatic carbocycles. The van der Waals surface area contributed by atoms with Crippen molar-refractivity contribution in [1.82, 2.24) is 39.7 Å². The Bertz CT molecular complexity index is 1690. The van der Waals surface area contributed by atoms with Gasteiger partial charge in [-0.25, -0.2) is 23.4 Å². The zero-order valence-electron chi connectivity index (χ0n) is 22.2. The lowest BCUT2D eigenvalue weighted by atomic mass is 10.1. The molecule has 11 heteroatoms. The quantitative estimate of drug-likeness (QED) is 0.314. The molecule has 6 rings (SSSR count). The highest BCUT2D eigenvalue weighted by molar-refractivity contribution is 5.63. The Morgan fingerprint density at radius 3 is 2.37 bits per heavy atom. The number of aromatic nitrogens is 6. The molecular weight excluding hydrogens is 526 g/mol. The second-order valence-corrected chi connectivity index (χ2v) is 9.95. The standard InChI is InChI=1S/C30H28F2N8O/c31-26-13-23(14-27(32)15-26)28-4-5-29(41)40(37-28)19-21-2-1-3-22(12-21)30-34-16-24(17-35-30)25-18-36-39(20-25)11-10-38-8-6-33-7-9-38/h1-5,12-18,20,33H,6-11,19H2. The van der Waals surface area contributed by atoms with Crippen LogP contribution in [0.3, 0.4) is 0 Å². The number of nitrogens with zero attached hydrogens (tertiary/aromatic N) is 7. The van der Waals surface area contributed by atoms with E-state index in [-0.39, 0.29) is 17.7 Å². The van der Waals surface area contributed by atoms with Crippen molar-refractivity contribution in [2.45, 2.75) is 13.1 Å². The molecule has 0 aliphatic carbocycles. The average Bonchev–Trinajstić information content (AvgIpc) is 3.47. The lowest BCUT2D eigenvalue weighted by molar-refractivity contribution is 0.229. The van der Waals surface area contributed by atoms with Gasteiger partial charge >= 0.3 is 0 Å². The lowest BCUT2D eigenvalue weighted by Gasteiger charge is -2.26. The van der Waals surface area contributed by atoms with Crippen molar-refractivity contribution < 1.29 is 8.78 Å². The van der Waals surface area contributed by atoms with E-state index in [1.54, 1.807) is 12.4 Å². The summed E-state index contributed by atoms with van der Waals surface area (Å²) in [6, 6.07) is 13.5. The Kier molecular flexibility index (Phi) is 7.70. The molecule has 1 aliphatic heterocycles. The smallest absolute Gasteiger partial charge is 0.267 e. The summed E-state index contributed by atoms with van der Waals surface area (Å²) in [6.07, 6.45) is 7.40. The van der Waals surface area contributed by atoms with Crippen LogP contribution in [0.4, 0.5) is 8.78 Å². The summed E-state index contributed by atoms with van der Waals surface area (Å²) in [7, 11) is 0. The van der Waals surface area contributed by atoms with Crippen molar-refractivity contribution in [3.8, 4) is 33.8 Å². The monoisotopic (exact) mass is 554 g/mol. The molecule has 0 unspecified atom stereocenters. The number of halogens is 2. The van der Waals surface area contributed by atoms with E-state index in [1.165, 1.54) is 28.9 Å². The van der Waals surface area contributed by atoms with Gasteiger partial charge in [0.15, 0.2) is 5.82 Å². The van der Waals surface area contributed by atoms with Crippen LogP contribution in [0.5, 0.6) is 0 Å². The summed E-state index contributed by atoms with van der Waals surface area (Å²) in [5.41, 5.74) is 3.64. The molecule has 41 heavy (non-hydrogen) atoms. The van der Waals surface area contributed by atoms with E-state index in [9.17, 15) is 13.6 Å². The molecule has 3 aromatic heterocycles. The first kappa shape index (κ1) is 26.6. The zero-order valence-corrected chi connectivity index (χ0v) is 22.2. The van der Waals surface area contributed by atoms with Crippen LogP contribution < -0.4 is 10.9 Å². The van der Waals surface area contributed by atoms with Crippen LogP contribution in [0.25, 0.3) is 33.8 Å². The minimum atomic E-state index is -0.710. The summed E-state index contributed by atoms with van der Waals surface area (Å²) in [5, 5.41) is 12.2. The first-order valence-electron chi connectivity index (χ1n) is 13.4. The summed E-state index contributed by atoms with van der Waals surface area (Å²) >= 11 is 0. The Morgan fingerprint density at radius 2 is 1.59 bits per heavy atom. The Morgan fingerprint density at radius 1 is 0.805 bits per heavy atom. The van der Waals surface area contributed by atoms with Crippen LogP contribution in [-0.2, 0) is 13.1 Å². The van der Waals surface area contributed by atoms with E-state index in [1.807, 2.05) is 41.3 Å². The van der Waals surface area contributed by atoms with Crippen molar-refractivity contribution in [1.29, 1.82) is 0 Å². The largest absolute Gasteiger partial charge is 0.314 e. The molecule has 1 fully saturated rings. The second kappa shape index (κ2) is 11.9. The molecule has 1 saturated heterocycles. The zero-order chi connectivity index (χ0) is 28.2. The van der Waals surface area contributed by atoms with Gasteiger partial charge in [-0.05, 0) is 29.8 Å². The van der Waals surface area contributed by atoms with Gasteiger partial charge in [0.25, 0.3) is 5.56 Å². The summed E-state index contributed by atoms with van der Waals surface area (Å²) in [4.78, 5) is 24.1. The van der Waals surface area contributed by atoms with Gasteiger partial charge in [0.05, 0.1) is 25.0 Å². The molecule has 1 N–H and O–H groups in total. The molecule has 4 heterocycles. The maximum atomic E-state index is 13.7. The highest BCUT2D eigenvalue weighted by Gasteiger charge is 2.12. The Balaban J connectivity index is 1.15. The van der Waals surface area contributed by atoms with E-state index in [0.717, 1.165) is 67.6 Å². The van der Waals surface area contributed by atoms with Gasteiger partial charge in [0.2, 0.25) is 0 Å². The number of benzene rings is 2. The Hall–Kier alpha value is -4.61. The molecule has 5 aromatic rings. The second-order valence-electron chi connectivity index (χ2n) is 9.95. The first-order chi connectivity index (χ1) is 20.0. The van der Waals surface area contributed by atoms with E-state index in [4.69, 9.17) is 0 Å². The predicted molar refractivity (Wildman–Crippen MR) is 151 cm³/mol. The third kappa shape index (κ3) is 6.42. The van der Waals surface area contributed by atoms with Crippen molar-refractivity contribution in [3.63, 3.8) is 0 Å². The van der Waals surface area contributed by atoms with Gasteiger partial charge in [-0.3, -0.25) is 14.4 Å². The van der Waals surface area contributed by atoms with Crippen molar-refractivity contribution in [2.75, 3.05) is 32.7 Å². The number of hydrogen-bond acceptors (Lipinski definition) is 7. The fourth-order valence-electron chi connectivity index (χ4n) is 4.84. The topological polar surface area (TPSA) is 93.8 Å². The highest BCUT2D eigenvalue weighted by Crippen LogP contribution is 2.22. The summed E-state index contributed by atoms with van der Waals surface area (Å²) in [6.45, 7) is 6.12. The SMILES string of the molecule is O=c1ccc(-c2cc(F)cc(F)c2)nn1Cc1cccc(-c2ncc(-c3cnn(CCN4CCNCC4)c3)cn2)c1. The summed E-state index contributed by atoms with van der Waals surface area (Å²) in [5.74, 6) is -0.873. The number of hydrogen-bond donors (Lipinski definition) is 1. The molecule has 0 spiro atoms. The lowest BCUT2D eigenvalue weighted by Crippen LogP contribution is -2.44. The van der Waals surface area contributed by atoms with Crippen LogP contribution in [-0.4, -0.2) is 67.2 Å². The number of rotatable bonds is 8. The predicted octanol–water partition coefficient (Wildman–Crippen LogP) is 3.46. The third-order valence-electron chi connectivity index (χ3n) is 7.02. The van der Waals surface area contributed by atoms with E-state index in [0.29, 0.717) is 11.5 Å². The fraction of sp³-hybridized carbons (Fsp3) is 0.233. The average molecular weight is 555 g/mol. The van der Waals surface area contributed by atoms with E-state index in [2.05, 4.69) is 30.4 Å². The van der Waals surface area contributed by atoms with Gasteiger partial charge < -0.3 is 5.32 Å². The van der Waals surface area contributed by atoms with Crippen molar-refractivity contribution >= 4 is 0 Å². The molecule has 0 saturated carbocycles. The molecule has 9 nitrogen and oxygen atoms in total. The highest BCUT2D eigenvalue weighted by atomic mass is 19.1. The minimum absolute atomic E-state index is 0.170. The van der Waals surface area contributed by atoms with Gasteiger partial charge in [-0.2, -0.15) is 10.2 Å². The molecule has 0 atom stereocenters. The maximum absolute atomic E-state index is 13.7. The van der Waals surface area contributed by atoms with Gasteiger partial charge in [0.1, 0.15) is 11.6 Å². The van der Waals surface area contributed by atoms with Crippen LogP contribution in [0.15, 0.2) is 84.2 Å². The number of piperazine rings is 1. The van der Waals surface area contributed by atoms with Crippen LogP contribution in [0.1, 0.15) is 5.56 Å². The van der Waals surface area contributed by atoms with Gasteiger partial charge in [-0.15, -0.1) is 0 Å². The molecule has 1 aliphatic rings.